The SMILES string of the molecule is COc1ccc([C@H](O)c2ccc(OC)c(N)c2)cc1. The molecule has 100 valence electrons. The summed E-state index contributed by atoms with van der Waals surface area (Å²) in [5.41, 5.74) is 7.85. The van der Waals surface area contributed by atoms with Crippen molar-refractivity contribution < 1.29 is 14.6 Å². The maximum atomic E-state index is 10.3. The van der Waals surface area contributed by atoms with Gasteiger partial charge in [-0.05, 0) is 35.4 Å². The van der Waals surface area contributed by atoms with Crippen LogP contribution in [0.15, 0.2) is 42.5 Å². The molecule has 0 spiro atoms. The number of aliphatic hydroxyl groups is 1. The van der Waals surface area contributed by atoms with E-state index in [1.165, 1.54) is 0 Å². The molecule has 0 fully saturated rings. The largest absolute Gasteiger partial charge is 0.497 e. The van der Waals surface area contributed by atoms with Gasteiger partial charge in [-0.15, -0.1) is 0 Å². The summed E-state index contributed by atoms with van der Waals surface area (Å²) in [5, 5.41) is 10.3. The summed E-state index contributed by atoms with van der Waals surface area (Å²) < 4.78 is 10.2. The van der Waals surface area contributed by atoms with Crippen LogP contribution in [0.2, 0.25) is 0 Å². The van der Waals surface area contributed by atoms with Crippen LogP contribution >= 0.6 is 0 Å². The standard InChI is InChI=1S/C15H17NO3/c1-18-12-6-3-10(4-7-12)15(17)11-5-8-14(19-2)13(16)9-11/h3-9,15,17H,16H2,1-2H3/t15-/m0/s1. The molecular formula is C15H17NO3. The number of rotatable bonds is 4. The van der Waals surface area contributed by atoms with Crippen molar-refractivity contribution in [2.45, 2.75) is 6.10 Å². The van der Waals surface area contributed by atoms with Crippen molar-refractivity contribution >= 4 is 5.69 Å². The molecule has 0 heterocycles. The Kier molecular flexibility index (Phi) is 3.92. The summed E-state index contributed by atoms with van der Waals surface area (Å²) in [6.45, 7) is 0. The van der Waals surface area contributed by atoms with Gasteiger partial charge in [-0.25, -0.2) is 0 Å². The van der Waals surface area contributed by atoms with Crippen molar-refractivity contribution in [2.24, 2.45) is 0 Å². The minimum absolute atomic E-state index is 0.507. The fourth-order valence-electron chi connectivity index (χ4n) is 1.90. The van der Waals surface area contributed by atoms with Gasteiger partial charge in [0.05, 0.1) is 19.9 Å². The normalized spacial score (nSPS) is 11.9. The van der Waals surface area contributed by atoms with Crippen LogP contribution in [0.25, 0.3) is 0 Å². The summed E-state index contributed by atoms with van der Waals surface area (Å²) in [7, 11) is 3.17. The number of methoxy groups -OCH3 is 2. The average molecular weight is 259 g/mol. The van der Waals surface area contributed by atoms with Crippen molar-refractivity contribution in [3.05, 3.63) is 53.6 Å². The first-order valence-electron chi connectivity index (χ1n) is 5.91. The predicted octanol–water partition coefficient (Wildman–Crippen LogP) is 2.37. The molecule has 0 unspecified atom stereocenters. The molecule has 19 heavy (non-hydrogen) atoms. The molecule has 2 rings (SSSR count). The highest BCUT2D eigenvalue weighted by atomic mass is 16.5. The van der Waals surface area contributed by atoms with Crippen LogP contribution in [-0.2, 0) is 0 Å². The van der Waals surface area contributed by atoms with Gasteiger partial charge < -0.3 is 20.3 Å². The quantitative estimate of drug-likeness (QED) is 0.827. The number of hydrogen-bond acceptors (Lipinski definition) is 4. The highest BCUT2D eigenvalue weighted by Gasteiger charge is 2.12. The fourth-order valence-corrected chi connectivity index (χ4v) is 1.90. The van der Waals surface area contributed by atoms with E-state index < -0.39 is 6.10 Å². The van der Waals surface area contributed by atoms with Gasteiger partial charge >= 0.3 is 0 Å². The van der Waals surface area contributed by atoms with Gasteiger partial charge in [0.2, 0.25) is 0 Å². The Morgan fingerprint density at radius 2 is 1.58 bits per heavy atom. The Morgan fingerprint density at radius 3 is 2.11 bits per heavy atom. The van der Waals surface area contributed by atoms with E-state index in [1.54, 1.807) is 32.4 Å². The van der Waals surface area contributed by atoms with Crippen molar-refractivity contribution in [1.82, 2.24) is 0 Å². The molecule has 2 aromatic carbocycles. The summed E-state index contributed by atoms with van der Waals surface area (Å²) in [6, 6.07) is 12.5. The lowest BCUT2D eigenvalue weighted by molar-refractivity contribution is 0.220. The highest BCUT2D eigenvalue weighted by Crippen LogP contribution is 2.29. The molecule has 0 saturated heterocycles. The molecule has 0 saturated carbocycles. The first-order valence-corrected chi connectivity index (χ1v) is 5.91. The van der Waals surface area contributed by atoms with Crippen molar-refractivity contribution in [3.8, 4) is 11.5 Å². The van der Waals surface area contributed by atoms with Crippen LogP contribution in [0, 0.1) is 0 Å². The second-order valence-corrected chi connectivity index (χ2v) is 4.18. The smallest absolute Gasteiger partial charge is 0.141 e. The van der Waals surface area contributed by atoms with E-state index in [1.807, 2.05) is 24.3 Å². The number of benzene rings is 2. The van der Waals surface area contributed by atoms with E-state index in [0.717, 1.165) is 16.9 Å². The van der Waals surface area contributed by atoms with Gasteiger partial charge in [0.15, 0.2) is 0 Å². The van der Waals surface area contributed by atoms with Gasteiger partial charge in [0, 0.05) is 0 Å². The van der Waals surface area contributed by atoms with Crippen molar-refractivity contribution in [2.75, 3.05) is 20.0 Å². The topological polar surface area (TPSA) is 64.7 Å². The maximum Gasteiger partial charge on any atom is 0.141 e. The molecule has 0 radical (unpaired) electrons. The number of hydrogen-bond donors (Lipinski definition) is 2. The van der Waals surface area contributed by atoms with Crippen LogP contribution in [0.3, 0.4) is 0 Å². The number of nitrogens with two attached hydrogens (primary N) is 1. The molecule has 0 aliphatic rings. The molecule has 0 amide bonds. The molecular weight excluding hydrogens is 242 g/mol. The highest BCUT2D eigenvalue weighted by molar-refractivity contribution is 5.55. The average Bonchev–Trinajstić information content (AvgIpc) is 2.46. The van der Waals surface area contributed by atoms with Gasteiger partial charge in [-0.2, -0.15) is 0 Å². The molecule has 3 N–H and O–H groups in total. The minimum atomic E-state index is -0.723. The molecule has 0 aromatic heterocycles. The van der Waals surface area contributed by atoms with Crippen LogP contribution in [0.5, 0.6) is 11.5 Å². The first kappa shape index (κ1) is 13.2. The predicted molar refractivity (Wildman–Crippen MR) is 74.5 cm³/mol. The van der Waals surface area contributed by atoms with E-state index >= 15 is 0 Å². The molecule has 1 atom stereocenters. The first-order chi connectivity index (χ1) is 9.15. The molecule has 2 aromatic rings. The fraction of sp³-hybridized carbons (Fsp3) is 0.200. The van der Waals surface area contributed by atoms with E-state index in [0.29, 0.717) is 11.4 Å². The Balaban J connectivity index is 2.27. The van der Waals surface area contributed by atoms with Crippen LogP contribution < -0.4 is 15.2 Å². The third-order valence-electron chi connectivity index (χ3n) is 3.00. The lowest BCUT2D eigenvalue weighted by atomic mass is 10.0. The summed E-state index contributed by atoms with van der Waals surface area (Å²) in [5.74, 6) is 1.36. The molecule has 4 nitrogen and oxygen atoms in total. The van der Waals surface area contributed by atoms with Crippen molar-refractivity contribution in [1.29, 1.82) is 0 Å². The van der Waals surface area contributed by atoms with Gasteiger partial charge in [-0.1, -0.05) is 18.2 Å². The maximum absolute atomic E-state index is 10.3. The lowest BCUT2D eigenvalue weighted by Crippen LogP contribution is -2.01. The molecule has 0 aliphatic heterocycles. The zero-order valence-electron chi connectivity index (χ0n) is 11.0. The molecule has 0 aliphatic carbocycles. The minimum Gasteiger partial charge on any atom is -0.497 e. The Bertz CT molecular complexity index is 552. The third kappa shape index (κ3) is 2.80. The van der Waals surface area contributed by atoms with E-state index in [9.17, 15) is 5.11 Å². The second-order valence-electron chi connectivity index (χ2n) is 4.18. The summed E-state index contributed by atoms with van der Waals surface area (Å²) in [4.78, 5) is 0. The zero-order chi connectivity index (χ0) is 13.8. The Morgan fingerprint density at radius 1 is 0.947 bits per heavy atom. The van der Waals surface area contributed by atoms with Gasteiger partial charge in [-0.3, -0.25) is 0 Å². The van der Waals surface area contributed by atoms with Crippen LogP contribution in [0.1, 0.15) is 17.2 Å². The summed E-state index contributed by atoms with van der Waals surface area (Å²) >= 11 is 0. The van der Waals surface area contributed by atoms with Crippen molar-refractivity contribution in [3.63, 3.8) is 0 Å². The Labute approximate surface area is 112 Å². The molecule has 4 heteroatoms. The van der Waals surface area contributed by atoms with E-state index in [-0.39, 0.29) is 0 Å². The van der Waals surface area contributed by atoms with E-state index in [2.05, 4.69) is 0 Å². The Hall–Kier alpha value is -2.20. The monoisotopic (exact) mass is 259 g/mol. The molecule has 0 bridgehead atoms. The lowest BCUT2D eigenvalue weighted by Gasteiger charge is -2.14. The van der Waals surface area contributed by atoms with Crippen LogP contribution in [0.4, 0.5) is 5.69 Å². The summed E-state index contributed by atoms with van der Waals surface area (Å²) in [6.07, 6.45) is -0.723. The third-order valence-corrected chi connectivity index (χ3v) is 3.00. The number of aliphatic hydroxyl groups excluding tert-OH is 1. The number of anilines is 1. The van der Waals surface area contributed by atoms with Gasteiger partial charge in [0.1, 0.15) is 17.6 Å². The second kappa shape index (κ2) is 5.63. The van der Waals surface area contributed by atoms with Crippen LogP contribution in [-0.4, -0.2) is 19.3 Å². The van der Waals surface area contributed by atoms with Gasteiger partial charge in [0.25, 0.3) is 0 Å². The van der Waals surface area contributed by atoms with E-state index in [4.69, 9.17) is 15.2 Å². The number of ether oxygens (including phenoxy) is 2. The zero-order valence-corrected chi connectivity index (χ0v) is 11.0. The number of nitrogen functional groups attached to an aromatic ring is 1.